The Morgan fingerprint density at radius 1 is 0.900 bits per heavy atom. The van der Waals surface area contributed by atoms with Crippen LogP contribution in [0.4, 0.5) is 10.1 Å². The van der Waals surface area contributed by atoms with Gasteiger partial charge in [0.05, 0.1) is 26.3 Å². The van der Waals surface area contributed by atoms with Gasteiger partial charge in [-0.05, 0) is 35.9 Å². The third-order valence-corrected chi connectivity index (χ3v) is 8.54. The van der Waals surface area contributed by atoms with E-state index in [-0.39, 0.29) is 17.3 Å². The third kappa shape index (κ3) is 3.36. The Morgan fingerprint density at radius 2 is 1.55 bits per heavy atom. The number of benzene rings is 3. The maximum atomic E-state index is 14.6. The molecule has 204 valence electrons. The number of rotatable bonds is 4. The number of ketones is 3. The SMILES string of the molecule is COc1ccc(C2C(C(=O)C(C)(C)C)N3c4ccc(F)cc4C=CC3C23C(=O)c2ccccc2C3=O)cc1OC. The largest absolute Gasteiger partial charge is 0.493 e. The van der Waals surface area contributed by atoms with Crippen LogP contribution in [0.25, 0.3) is 6.08 Å². The normalized spacial score (nSPS) is 22.2. The zero-order valence-corrected chi connectivity index (χ0v) is 23.0. The average Bonchev–Trinajstić information content (AvgIpc) is 3.37. The minimum Gasteiger partial charge on any atom is -0.493 e. The highest BCUT2D eigenvalue weighted by Crippen LogP contribution is 2.61. The Kier molecular flexibility index (Phi) is 5.77. The molecule has 1 aliphatic carbocycles. The maximum Gasteiger partial charge on any atom is 0.180 e. The molecular formula is C33H30FNO5. The topological polar surface area (TPSA) is 72.9 Å². The van der Waals surface area contributed by atoms with Crippen LogP contribution in [0.3, 0.4) is 0 Å². The third-order valence-electron chi connectivity index (χ3n) is 8.54. The van der Waals surface area contributed by atoms with Gasteiger partial charge in [0, 0.05) is 33.7 Å². The molecule has 3 aromatic carbocycles. The van der Waals surface area contributed by atoms with E-state index in [2.05, 4.69) is 0 Å². The molecule has 3 atom stereocenters. The summed E-state index contributed by atoms with van der Waals surface area (Å²) in [7, 11) is 3.05. The van der Waals surface area contributed by atoms with Gasteiger partial charge < -0.3 is 14.4 Å². The van der Waals surface area contributed by atoms with Crippen LogP contribution in [0, 0.1) is 16.6 Å². The number of halogens is 1. The molecule has 1 saturated heterocycles. The highest BCUT2D eigenvalue weighted by atomic mass is 19.1. The molecule has 3 unspecified atom stereocenters. The summed E-state index contributed by atoms with van der Waals surface area (Å²) in [6.45, 7) is 5.50. The summed E-state index contributed by atoms with van der Waals surface area (Å²) < 4.78 is 25.4. The van der Waals surface area contributed by atoms with Crippen molar-refractivity contribution in [2.75, 3.05) is 19.1 Å². The van der Waals surface area contributed by atoms with Gasteiger partial charge in [0.2, 0.25) is 0 Å². The van der Waals surface area contributed by atoms with Gasteiger partial charge >= 0.3 is 0 Å². The first-order valence-electron chi connectivity index (χ1n) is 13.3. The van der Waals surface area contributed by atoms with E-state index >= 15 is 0 Å². The molecule has 7 heteroatoms. The smallest absolute Gasteiger partial charge is 0.180 e. The van der Waals surface area contributed by atoms with Crippen molar-refractivity contribution in [2.24, 2.45) is 10.8 Å². The number of hydrogen-bond donors (Lipinski definition) is 0. The van der Waals surface area contributed by atoms with Crippen LogP contribution in [0.5, 0.6) is 11.5 Å². The van der Waals surface area contributed by atoms with Crippen molar-refractivity contribution in [3.8, 4) is 11.5 Å². The van der Waals surface area contributed by atoms with Crippen LogP contribution >= 0.6 is 0 Å². The summed E-state index contributed by atoms with van der Waals surface area (Å²) in [6, 6.07) is 14.8. The number of nitrogens with zero attached hydrogens (tertiary/aromatic N) is 1. The number of ether oxygens (including phenoxy) is 2. The summed E-state index contributed by atoms with van der Waals surface area (Å²) >= 11 is 0. The summed E-state index contributed by atoms with van der Waals surface area (Å²) in [6.07, 6.45) is 3.54. The number of anilines is 1. The molecule has 3 aliphatic rings. The molecular weight excluding hydrogens is 509 g/mol. The van der Waals surface area contributed by atoms with E-state index in [0.29, 0.717) is 39.4 Å². The molecule has 0 aromatic heterocycles. The van der Waals surface area contributed by atoms with E-state index in [9.17, 15) is 18.8 Å². The first-order valence-corrected chi connectivity index (χ1v) is 13.3. The van der Waals surface area contributed by atoms with Crippen molar-refractivity contribution in [2.45, 2.75) is 38.8 Å². The maximum absolute atomic E-state index is 14.6. The molecule has 1 fully saturated rings. The lowest BCUT2D eigenvalue weighted by Crippen LogP contribution is -2.49. The van der Waals surface area contributed by atoms with Crippen molar-refractivity contribution in [3.05, 3.63) is 94.8 Å². The van der Waals surface area contributed by atoms with Crippen LogP contribution in [0.15, 0.2) is 66.7 Å². The van der Waals surface area contributed by atoms with E-state index < -0.39 is 34.6 Å². The Morgan fingerprint density at radius 3 is 2.15 bits per heavy atom. The van der Waals surface area contributed by atoms with Crippen molar-refractivity contribution in [3.63, 3.8) is 0 Å². The predicted octanol–water partition coefficient (Wildman–Crippen LogP) is 5.89. The van der Waals surface area contributed by atoms with Crippen molar-refractivity contribution in [1.82, 2.24) is 0 Å². The second kappa shape index (κ2) is 8.88. The standard InChI is InChI=1S/C33H30FNO5/c1-32(2,3)31(38)28-27(19-10-14-24(39-4)25(17-19)40-5)33(29(36)21-8-6-7-9-22(21)30(33)37)26-15-11-18-16-20(34)12-13-23(18)35(26)28/h6-17,26-28H,1-5H3. The molecule has 6 nitrogen and oxygen atoms in total. The van der Waals surface area contributed by atoms with Crippen molar-refractivity contribution < 1.29 is 28.2 Å². The minimum atomic E-state index is -1.63. The van der Waals surface area contributed by atoms with Crippen molar-refractivity contribution in [1.29, 1.82) is 0 Å². The predicted molar refractivity (Wildman–Crippen MR) is 150 cm³/mol. The minimum absolute atomic E-state index is 0.128. The molecule has 0 amide bonds. The molecule has 0 radical (unpaired) electrons. The Labute approximate surface area is 232 Å². The summed E-state index contributed by atoms with van der Waals surface area (Å²) in [5.41, 5.74) is 0.0598. The molecule has 1 spiro atoms. The fraction of sp³-hybridized carbons (Fsp3) is 0.303. The molecule has 0 saturated carbocycles. The summed E-state index contributed by atoms with van der Waals surface area (Å²) in [4.78, 5) is 45.6. The quantitative estimate of drug-likeness (QED) is 0.385. The Hall–Kier alpha value is -4.26. The zero-order valence-electron chi connectivity index (χ0n) is 23.0. The molecule has 3 aromatic rings. The second-order valence-electron chi connectivity index (χ2n) is 11.6. The fourth-order valence-corrected chi connectivity index (χ4v) is 6.81. The van der Waals surface area contributed by atoms with Gasteiger partial charge in [0.1, 0.15) is 11.2 Å². The van der Waals surface area contributed by atoms with Crippen LogP contribution in [0.1, 0.15) is 58.5 Å². The molecule has 40 heavy (non-hydrogen) atoms. The molecule has 2 aliphatic heterocycles. The highest BCUT2D eigenvalue weighted by molar-refractivity contribution is 6.32. The number of methoxy groups -OCH3 is 2. The van der Waals surface area contributed by atoms with Gasteiger partial charge in [0.25, 0.3) is 0 Å². The van der Waals surface area contributed by atoms with Gasteiger partial charge in [-0.1, -0.05) is 63.3 Å². The Bertz CT molecular complexity index is 1580. The van der Waals surface area contributed by atoms with E-state index in [1.165, 1.54) is 26.4 Å². The van der Waals surface area contributed by atoms with E-state index in [4.69, 9.17) is 9.47 Å². The second-order valence-corrected chi connectivity index (χ2v) is 11.6. The lowest BCUT2D eigenvalue weighted by atomic mass is 9.63. The van der Waals surface area contributed by atoms with E-state index in [1.807, 2.05) is 25.7 Å². The zero-order chi connectivity index (χ0) is 28.6. The number of Topliss-reactive ketones (excluding diaryl/α,β-unsaturated/α-hetero) is 3. The van der Waals surface area contributed by atoms with Crippen molar-refractivity contribution >= 4 is 29.1 Å². The first kappa shape index (κ1) is 26.0. The number of fused-ring (bicyclic) bond motifs is 5. The Balaban J connectivity index is 1.70. The van der Waals surface area contributed by atoms with Gasteiger partial charge in [0.15, 0.2) is 28.8 Å². The molecule has 0 N–H and O–H groups in total. The highest BCUT2D eigenvalue weighted by Gasteiger charge is 2.72. The van der Waals surface area contributed by atoms with Crippen LogP contribution in [0.2, 0.25) is 0 Å². The lowest BCUT2D eigenvalue weighted by Gasteiger charge is -2.38. The summed E-state index contributed by atoms with van der Waals surface area (Å²) in [5, 5.41) is 0. The van der Waals surface area contributed by atoms with Gasteiger partial charge in [-0.3, -0.25) is 14.4 Å². The van der Waals surface area contributed by atoms with Gasteiger partial charge in [-0.2, -0.15) is 0 Å². The number of carbonyl (C=O) groups excluding carboxylic acids is 3. The van der Waals surface area contributed by atoms with E-state index in [0.717, 1.165) is 0 Å². The lowest BCUT2D eigenvalue weighted by molar-refractivity contribution is -0.127. The molecule has 6 rings (SSSR count). The molecule has 2 heterocycles. The number of carbonyl (C=O) groups is 3. The first-order chi connectivity index (χ1) is 19.0. The van der Waals surface area contributed by atoms with Gasteiger partial charge in [-0.25, -0.2) is 4.39 Å². The average molecular weight is 540 g/mol. The number of hydrogen-bond acceptors (Lipinski definition) is 6. The van der Waals surface area contributed by atoms with E-state index in [1.54, 1.807) is 60.7 Å². The van der Waals surface area contributed by atoms with Crippen LogP contribution in [-0.2, 0) is 4.79 Å². The van der Waals surface area contributed by atoms with Crippen LogP contribution < -0.4 is 14.4 Å². The van der Waals surface area contributed by atoms with Crippen LogP contribution in [-0.4, -0.2) is 43.7 Å². The fourth-order valence-electron chi connectivity index (χ4n) is 6.81. The monoisotopic (exact) mass is 539 g/mol. The molecule has 0 bridgehead atoms. The van der Waals surface area contributed by atoms with Gasteiger partial charge in [-0.15, -0.1) is 0 Å². The summed E-state index contributed by atoms with van der Waals surface area (Å²) in [5.74, 6) is -1.12.